The molecule has 0 saturated heterocycles. The Balaban J connectivity index is 1.85. The highest BCUT2D eigenvalue weighted by Gasteiger charge is 2.16. The van der Waals surface area contributed by atoms with Crippen LogP contribution < -0.4 is 10.4 Å². The molecule has 0 amide bonds. The first kappa shape index (κ1) is 15.5. The molecular weight excluding hydrogens is 314 g/mol. The average Bonchev–Trinajstić information content (AvgIpc) is 2.87. The van der Waals surface area contributed by atoms with Gasteiger partial charge in [-0.1, -0.05) is 18.2 Å². The first-order valence-electron chi connectivity index (χ1n) is 7.13. The normalized spacial score (nSPS) is 11.9. The van der Waals surface area contributed by atoms with Crippen molar-refractivity contribution in [2.75, 3.05) is 0 Å². The van der Waals surface area contributed by atoms with Gasteiger partial charge in [0.15, 0.2) is 0 Å². The molecule has 0 saturated carbocycles. The van der Waals surface area contributed by atoms with E-state index in [9.17, 15) is 13.2 Å². The van der Waals surface area contributed by atoms with Gasteiger partial charge in [-0.3, -0.25) is 0 Å². The molecule has 3 N–H and O–H groups in total. The molecule has 1 aromatic heterocycles. The second-order valence-corrected chi connectivity index (χ2v) is 7.29. The molecule has 0 radical (unpaired) electrons. The van der Waals surface area contributed by atoms with Crippen molar-refractivity contribution in [3.63, 3.8) is 0 Å². The smallest absolute Gasteiger partial charge is 0.306 e. The molecule has 7 heteroatoms. The summed E-state index contributed by atoms with van der Waals surface area (Å²) in [7, 11) is -3.59. The Morgan fingerprint density at radius 3 is 2.52 bits per heavy atom. The number of nitrogens with one attached hydrogen (secondary N) is 3. The fraction of sp³-hybridized carbons (Fsp3) is 0.188. The average molecular weight is 331 g/mol. The molecule has 0 bridgehead atoms. The zero-order valence-electron chi connectivity index (χ0n) is 12.8. The van der Waals surface area contributed by atoms with Crippen molar-refractivity contribution < 1.29 is 8.42 Å². The van der Waals surface area contributed by atoms with Crippen molar-refractivity contribution in [2.24, 2.45) is 0 Å². The maximum absolute atomic E-state index is 12.5. The largest absolute Gasteiger partial charge is 0.323 e. The predicted octanol–water partition coefficient (Wildman–Crippen LogP) is 1.95. The molecule has 0 aliphatic heterocycles. The summed E-state index contributed by atoms with van der Waals surface area (Å²) in [4.78, 5) is 16.8. The molecule has 0 spiro atoms. The minimum Gasteiger partial charge on any atom is -0.306 e. The molecular formula is C16H17N3O3S. The standard InChI is InChI=1S/C16H17N3O3S/c1-10-3-4-11(2)15(7-10)23(21,22)17-9-12-5-6-13-14(8-12)19-16(20)18-13/h3-8,17H,9H2,1-2H3,(H2,18,19,20). The summed E-state index contributed by atoms with van der Waals surface area (Å²) in [5, 5.41) is 0. The van der Waals surface area contributed by atoms with Crippen LogP contribution in [0.5, 0.6) is 0 Å². The summed E-state index contributed by atoms with van der Waals surface area (Å²) in [6, 6.07) is 10.6. The Labute approximate surface area is 133 Å². The Morgan fingerprint density at radius 1 is 1.00 bits per heavy atom. The molecule has 3 aromatic rings. The summed E-state index contributed by atoms with van der Waals surface area (Å²) in [6.45, 7) is 3.78. The molecule has 120 valence electrons. The number of imidazole rings is 1. The van der Waals surface area contributed by atoms with Crippen LogP contribution >= 0.6 is 0 Å². The maximum Gasteiger partial charge on any atom is 0.323 e. The van der Waals surface area contributed by atoms with E-state index in [1.165, 1.54) is 0 Å². The van der Waals surface area contributed by atoms with E-state index in [-0.39, 0.29) is 17.1 Å². The van der Waals surface area contributed by atoms with E-state index in [1.54, 1.807) is 37.3 Å². The first-order chi connectivity index (χ1) is 10.8. The number of hydrogen-bond acceptors (Lipinski definition) is 3. The zero-order chi connectivity index (χ0) is 16.6. The Hall–Kier alpha value is -2.38. The van der Waals surface area contributed by atoms with Gasteiger partial charge in [-0.15, -0.1) is 0 Å². The SMILES string of the molecule is Cc1ccc(C)c(S(=O)(=O)NCc2ccc3[nH]c(=O)[nH]c3c2)c1. The topological polar surface area (TPSA) is 94.8 Å². The molecule has 0 aliphatic rings. The van der Waals surface area contributed by atoms with Gasteiger partial charge in [0, 0.05) is 6.54 Å². The van der Waals surface area contributed by atoms with Gasteiger partial charge in [0.05, 0.1) is 15.9 Å². The summed E-state index contributed by atoms with van der Waals surface area (Å²) in [6.07, 6.45) is 0. The quantitative estimate of drug-likeness (QED) is 0.682. The first-order valence-corrected chi connectivity index (χ1v) is 8.61. The number of sulfonamides is 1. The summed E-state index contributed by atoms with van der Waals surface area (Å²) >= 11 is 0. The van der Waals surface area contributed by atoms with E-state index in [4.69, 9.17) is 0 Å². The molecule has 1 heterocycles. The zero-order valence-corrected chi connectivity index (χ0v) is 13.6. The van der Waals surface area contributed by atoms with Crippen LogP contribution in [0.3, 0.4) is 0 Å². The van der Waals surface area contributed by atoms with Crippen LogP contribution in [0, 0.1) is 13.8 Å². The molecule has 3 rings (SSSR count). The fourth-order valence-corrected chi connectivity index (χ4v) is 3.79. The molecule has 6 nitrogen and oxygen atoms in total. The van der Waals surface area contributed by atoms with Crippen LogP contribution in [-0.4, -0.2) is 18.4 Å². The van der Waals surface area contributed by atoms with E-state index >= 15 is 0 Å². The highest BCUT2D eigenvalue weighted by Crippen LogP contribution is 2.17. The number of rotatable bonds is 4. The molecule has 0 atom stereocenters. The molecule has 0 fully saturated rings. The van der Waals surface area contributed by atoms with Crippen LogP contribution in [0.25, 0.3) is 11.0 Å². The van der Waals surface area contributed by atoms with E-state index in [0.29, 0.717) is 16.6 Å². The second kappa shape index (κ2) is 5.68. The Kier molecular flexibility index (Phi) is 3.83. The van der Waals surface area contributed by atoms with Crippen LogP contribution in [0.1, 0.15) is 16.7 Å². The third-order valence-electron chi connectivity index (χ3n) is 3.68. The molecule has 0 aliphatic carbocycles. The maximum atomic E-state index is 12.5. The summed E-state index contributed by atoms with van der Waals surface area (Å²) < 4.78 is 27.5. The molecule has 0 unspecified atom stereocenters. The lowest BCUT2D eigenvalue weighted by Crippen LogP contribution is -2.24. The van der Waals surface area contributed by atoms with Crippen LogP contribution in [0.15, 0.2) is 46.1 Å². The minimum absolute atomic E-state index is 0.152. The predicted molar refractivity (Wildman–Crippen MR) is 88.9 cm³/mol. The number of hydrogen-bond donors (Lipinski definition) is 3. The Morgan fingerprint density at radius 2 is 1.74 bits per heavy atom. The third kappa shape index (κ3) is 3.20. The Bertz CT molecular complexity index is 1030. The lowest BCUT2D eigenvalue weighted by molar-refractivity contribution is 0.580. The van der Waals surface area contributed by atoms with Gasteiger partial charge in [-0.2, -0.15) is 0 Å². The van der Waals surface area contributed by atoms with E-state index < -0.39 is 10.0 Å². The number of benzene rings is 2. The fourth-order valence-electron chi connectivity index (χ4n) is 2.44. The third-order valence-corrected chi connectivity index (χ3v) is 5.22. The van der Waals surface area contributed by atoms with Gasteiger partial charge in [-0.25, -0.2) is 17.9 Å². The second-order valence-electron chi connectivity index (χ2n) is 5.55. The summed E-state index contributed by atoms with van der Waals surface area (Å²) in [5.41, 5.74) is 3.42. The van der Waals surface area contributed by atoms with Gasteiger partial charge in [-0.05, 0) is 48.7 Å². The van der Waals surface area contributed by atoms with Crippen molar-refractivity contribution >= 4 is 21.1 Å². The van der Waals surface area contributed by atoms with Gasteiger partial charge in [0.25, 0.3) is 0 Å². The number of aromatic amines is 2. The lowest BCUT2D eigenvalue weighted by Gasteiger charge is -2.10. The van der Waals surface area contributed by atoms with Gasteiger partial charge >= 0.3 is 5.69 Å². The van der Waals surface area contributed by atoms with Crippen molar-refractivity contribution in [1.29, 1.82) is 0 Å². The van der Waals surface area contributed by atoms with E-state index in [2.05, 4.69) is 14.7 Å². The molecule has 2 aromatic carbocycles. The van der Waals surface area contributed by atoms with Crippen LogP contribution in [0.4, 0.5) is 0 Å². The number of aryl methyl sites for hydroxylation is 2. The summed E-state index contributed by atoms with van der Waals surface area (Å²) in [5.74, 6) is 0. The minimum atomic E-state index is -3.59. The monoisotopic (exact) mass is 331 g/mol. The highest BCUT2D eigenvalue weighted by atomic mass is 32.2. The van der Waals surface area contributed by atoms with Crippen LogP contribution in [0.2, 0.25) is 0 Å². The molecule has 23 heavy (non-hydrogen) atoms. The van der Waals surface area contributed by atoms with Gasteiger partial charge in [0.1, 0.15) is 0 Å². The van der Waals surface area contributed by atoms with Crippen molar-refractivity contribution in [3.05, 3.63) is 63.6 Å². The highest BCUT2D eigenvalue weighted by molar-refractivity contribution is 7.89. The van der Waals surface area contributed by atoms with Crippen molar-refractivity contribution in [3.8, 4) is 0 Å². The van der Waals surface area contributed by atoms with Crippen LogP contribution in [-0.2, 0) is 16.6 Å². The number of aromatic nitrogens is 2. The van der Waals surface area contributed by atoms with Gasteiger partial charge < -0.3 is 9.97 Å². The van der Waals surface area contributed by atoms with Crippen molar-refractivity contribution in [1.82, 2.24) is 14.7 Å². The van der Waals surface area contributed by atoms with E-state index in [1.807, 2.05) is 13.0 Å². The number of H-pyrrole nitrogens is 2. The van der Waals surface area contributed by atoms with Gasteiger partial charge in [0.2, 0.25) is 10.0 Å². The van der Waals surface area contributed by atoms with Crippen molar-refractivity contribution in [2.45, 2.75) is 25.3 Å². The van der Waals surface area contributed by atoms with E-state index in [0.717, 1.165) is 11.1 Å². The number of fused-ring (bicyclic) bond motifs is 1. The lowest BCUT2D eigenvalue weighted by atomic mass is 10.2.